The van der Waals surface area contributed by atoms with Gasteiger partial charge in [-0.15, -0.1) is 0 Å². The van der Waals surface area contributed by atoms with Crippen molar-refractivity contribution in [2.75, 3.05) is 11.8 Å². The highest BCUT2D eigenvalue weighted by Gasteiger charge is 2.14. The van der Waals surface area contributed by atoms with Gasteiger partial charge in [-0.3, -0.25) is 9.52 Å². The fraction of sp³-hybridized carbons (Fsp3) is 0.125. The van der Waals surface area contributed by atoms with Crippen molar-refractivity contribution in [2.24, 2.45) is 0 Å². The smallest absolute Gasteiger partial charge is 0.261 e. The van der Waals surface area contributed by atoms with Crippen LogP contribution in [0.2, 0.25) is 0 Å². The molecular formula is C16H15N3O3S. The van der Waals surface area contributed by atoms with Gasteiger partial charge in [-0.05, 0) is 42.0 Å². The standard InChI is InChI=1S/C16H15N3O3S/c1-18-16(20)10-12-2-6-14(7-3-12)19-23(21,22)15-8-4-13(11-17)5-9-15/h2-9,19H,10H2,1H3,(H,18,20). The van der Waals surface area contributed by atoms with Crippen molar-refractivity contribution in [3.8, 4) is 6.07 Å². The number of hydrogen-bond donors (Lipinski definition) is 2. The second kappa shape index (κ2) is 6.94. The molecule has 7 heteroatoms. The van der Waals surface area contributed by atoms with Gasteiger partial charge in [0, 0.05) is 12.7 Å². The number of benzene rings is 2. The van der Waals surface area contributed by atoms with E-state index in [4.69, 9.17) is 5.26 Å². The van der Waals surface area contributed by atoms with E-state index in [1.807, 2.05) is 6.07 Å². The van der Waals surface area contributed by atoms with Gasteiger partial charge in [-0.1, -0.05) is 12.1 Å². The quantitative estimate of drug-likeness (QED) is 0.871. The number of nitrogens with one attached hydrogen (secondary N) is 2. The molecule has 2 rings (SSSR count). The minimum absolute atomic E-state index is 0.0749. The largest absolute Gasteiger partial charge is 0.359 e. The maximum Gasteiger partial charge on any atom is 0.261 e. The Bertz CT molecular complexity index is 836. The minimum Gasteiger partial charge on any atom is -0.359 e. The zero-order valence-electron chi connectivity index (χ0n) is 12.4. The number of anilines is 1. The predicted molar refractivity (Wildman–Crippen MR) is 86.2 cm³/mol. The summed E-state index contributed by atoms with van der Waals surface area (Å²) in [5, 5.41) is 11.3. The molecule has 0 fully saturated rings. The van der Waals surface area contributed by atoms with Gasteiger partial charge in [0.2, 0.25) is 5.91 Å². The SMILES string of the molecule is CNC(=O)Cc1ccc(NS(=O)(=O)c2ccc(C#N)cc2)cc1. The molecule has 0 saturated heterocycles. The zero-order valence-corrected chi connectivity index (χ0v) is 13.2. The molecule has 2 aromatic carbocycles. The van der Waals surface area contributed by atoms with Crippen LogP contribution in [0.25, 0.3) is 0 Å². The molecule has 2 N–H and O–H groups in total. The van der Waals surface area contributed by atoms with Gasteiger partial charge < -0.3 is 5.32 Å². The fourth-order valence-corrected chi connectivity index (χ4v) is 2.95. The first-order chi connectivity index (χ1) is 10.9. The summed E-state index contributed by atoms with van der Waals surface area (Å²) >= 11 is 0. The lowest BCUT2D eigenvalue weighted by molar-refractivity contribution is -0.119. The van der Waals surface area contributed by atoms with Gasteiger partial charge in [0.15, 0.2) is 0 Å². The number of rotatable bonds is 5. The third-order valence-corrected chi connectivity index (χ3v) is 4.54. The average Bonchev–Trinajstić information content (AvgIpc) is 2.56. The Morgan fingerprint density at radius 1 is 1.09 bits per heavy atom. The van der Waals surface area contributed by atoms with Gasteiger partial charge in [0.05, 0.1) is 22.9 Å². The third kappa shape index (κ3) is 4.31. The lowest BCUT2D eigenvalue weighted by atomic mass is 10.1. The molecule has 1 amide bonds. The molecule has 0 aliphatic rings. The van der Waals surface area contributed by atoms with Crippen LogP contribution in [0, 0.1) is 11.3 Å². The van der Waals surface area contributed by atoms with Gasteiger partial charge in [-0.25, -0.2) is 8.42 Å². The molecule has 0 aliphatic heterocycles. The zero-order chi connectivity index (χ0) is 16.9. The Labute approximate surface area is 134 Å². The van der Waals surface area contributed by atoms with E-state index in [2.05, 4.69) is 10.0 Å². The van der Waals surface area contributed by atoms with Gasteiger partial charge in [-0.2, -0.15) is 5.26 Å². The lowest BCUT2D eigenvalue weighted by Gasteiger charge is -2.09. The van der Waals surface area contributed by atoms with E-state index in [0.29, 0.717) is 11.3 Å². The molecule has 23 heavy (non-hydrogen) atoms. The van der Waals surface area contributed by atoms with Crippen LogP contribution in [-0.4, -0.2) is 21.4 Å². The summed E-state index contributed by atoms with van der Waals surface area (Å²) in [6.45, 7) is 0. The summed E-state index contributed by atoms with van der Waals surface area (Å²) in [4.78, 5) is 11.4. The summed E-state index contributed by atoms with van der Waals surface area (Å²) in [6.07, 6.45) is 0.235. The van der Waals surface area contributed by atoms with Crippen molar-refractivity contribution >= 4 is 21.6 Å². The van der Waals surface area contributed by atoms with Crippen LogP contribution >= 0.6 is 0 Å². The van der Waals surface area contributed by atoms with Crippen LogP contribution in [0.1, 0.15) is 11.1 Å². The summed E-state index contributed by atoms with van der Waals surface area (Å²) in [7, 11) is -2.16. The van der Waals surface area contributed by atoms with E-state index >= 15 is 0 Å². The van der Waals surface area contributed by atoms with Crippen molar-refractivity contribution in [2.45, 2.75) is 11.3 Å². The maximum absolute atomic E-state index is 12.3. The van der Waals surface area contributed by atoms with Crippen LogP contribution in [0.5, 0.6) is 0 Å². The molecule has 0 unspecified atom stereocenters. The van der Waals surface area contributed by atoms with Crippen molar-refractivity contribution in [3.63, 3.8) is 0 Å². The second-order valence-electron chi connectivity index (χ2n) is 4.79. The van der Waals surface area contributed by atoms with Crippen molar-refractivity contribution < 1.29 is 13.2 Å². The number of sulfonamides is 1. The summed E-state index contributed by atoms with van der Waals surface area (Å²) < 4.78 is 27.0. The first-order valence-corrected chi connectivity index (χ1v) is 8.25. The first-order valence-electron chi connectivity index (χ1n) is 6.77. The highest BCUT2D eigenvalue weighted by Crippen LogP contribution is 2.17. The molecule has 0 aromatic heterocycles. The maximum atomic E-state index is 12.3. The van der Waals surface area contributed by atoms with E-state index in [9.17, 15) is 13.2 Å². The second-order valence-corrected chi connectivity index (χ2v) is 6.47. The summed E-state index contributed by atoms with van der Waals surface area (Å²) in [6, 6.07) is 14.1. The van der Waals surface area contributed by atoms with Crippen LogP contribution < -0.4 is 10.0 Å². The Morgan fingerprint density at radius 2 is 1.70 bits per heavy atom. The lowest BCUT2D eigenvalue weighted by Crippen LogP contribution is -2.19. The normalized spacial score (nSPS) is 10.6. The molecule has 0 aliphatic carbocycles. The molecule has 6 nitrogen and oxygen atoms in total. The van der Waals surface area contributed by atoms with E-state index < -0.39 is 10.0 Å². The molecule has 0 heterocycles. The molecule has 118 valence electrons. The molecule has 0 saturated carbocycles. The average molecular weight is 329 g/mol. The van der Waals surface area contributed by atoms with Gasteiger partial charge in [0.1, 0.15) is 0 Å². The number of likely N-dealkylation sites (N-methyl/N-ethyl adjacent to an activating group) is 1. The Kier molecular flexibility index (Phi) is 4.98. The van der Waals surface area contributed by atoms with E-state index in [1.54, 1.807) is 31.3 Å². The van der Waals surface area contributed by atoms with Gasteiger partial charge in [0.25, 0.3) is 10.0 Å². The highest BCUT2D eigenvalue weighted by atomic mass is 32.2. The number of hydrogen-bond acceptors (Lipinski definition) is 4. The fourth-order valence-electron chi connectivity index (χ4n) is 1.89. The van der Waals surface area contributed by atoms with E-state index in [0.717, 1.165) is 5.56 Å². The minimum atomic E-state index is -3.72. The van der Waals surface area contributed by atoms with Crippen LogP contribution in [0.4, 0.5) is 5.69 Å². The molecule has 2 aromatic rings. The van der Waals surface area contributed by atoms with Gasteiger partial charge >= 0.3 is 0 Å². The third-order valence-electron chi connectivity index (χ3n) is 3.14. The summed E-state index contributed by atoms with van der Waals surface area (Å²) in [5.74, 6) is -0.115. The predicted octanol–water partition coefficient (Wildman–Crippen LogP) is 1.65. The molecular weight excluding hydrogens is 314 g/mol. The Hall–Kier alpha value is -2.85. The number of amides is 1. The molecule has 0 bridgehead atoms. The van der Waals surface area contributed by atoms with Crippen molar-refractivity contribution in [1.29, 1.82) is 5.26 Å². The first kappa shape index (κ1) is 16.5. The van der Waals surface area contributed by atoms with Crippen molar-refractivity contribution in [3.05, 3.63) is 59.7 Å². The monoisotopic (exact) mass is 329 g/mol. The van der Waals surface area contributed by atoms with E-state index in [-0.39, 0.29) is 17.2 Å². The Morgan fingerprint density at radius 3 is 2.22 bits per heavy atom. The van der Waals surface area contributed by atoms with Crippen molar-refractivity contribution in [1.82, 2.24) is 5.32 Å². The van der Waals surface area contributed by atoms with E-state index in [1.165, 1.54) is 24.3 Å². The Balaban J connectivity index is 2.13. The summed E-state index contributed by atoms with van der Waals surface area (Å²) in [5.41, 5.74) is 1.57. The number of carbonyl (C=O) groups excluding carboxylic acids is 1. The van der Waals surface area contributed by atoms with Crippen LogP contribution in [0.3, 0.4) is 0 Å². The molecule has 0 atom stereocenters. The topological polar surface area (TPSA) is 99.1 Å². The number of carbonyl (C=O) groups is 1. The highest BCUT2D eigenvalue weighted by molar-refractivity contribution is 7.92. The number of nitrogens with zero attached hydrogens (tertiary/aromatic N) is 1. The van der Waals surface area contributed by atoms with Crippen LogP contribution in [0.15, 0.2) is 53.4 Å². The molecule has 0 radical (unpaired) electrons. The molecule has 0 spiro atoms. The number of nitriles is 1. The van der Waals surface area contributed by atoms with Crippen LogP contribution in [-0.2, 0) is 21.2 Å².